The fourth-order valence-electron chi connectivity index (χ4n) is 3.63. The summed E-state index contributed by atoms with van der Waals surface area (Å²) >= 11 is 5.94. The zero-order chi connectivity index (χ0) is 22.9. The number of methoxy groups -OCH3 is 1. The molecule has 2 aromatic rings. The summed E-state index contributed by atoms with van der Waals surface area (Å²) in [5, 5.41) is 7.50. The summed E-state index contributed by atoms with van der Waals surface area (Å²) in [6, 6.07) is 3.65. The number of benzene rings is 1. The fourth-order valence-corrected chi connectivity index (χ4v) is 3.81. The van der Waals surface area contributed by atoms with Gasteiger partial charge in [0, 0.05) is 31.4 Å². The number of carbonyl (C=O) groups excluding carboxylic acids is 2. The average molecular weight is 452 g/mol. The van der Waals surface area contributed by atoms with Crippen LogP contribution in [0.15, 0.2) is 18.2 Å². The number of primary amides is 1. The number of rotatable bonds is 5. The van der Waals surface area contributed by atoms with Crippen molar-refractivity contribution in [1.29, 1.82) is 0 Å². The molecule has 0 fully saturated rings. The molecule has 0 bridgehead atoms. The minimum atomic E-state index is -0.680. The Kier molecular flexibility index (Phi) is 6.56. The smallest absolute Gasteiger partial charge is 0.318 e. The van der Waals surface area contributed by atoms with Crippen LogP contribution in [0.5, 0.6) is 0 Å². The molecular weight excluding hydrogens is 425 g/mol. The summed E-state index contributed by atoms with van der Waals surface area (Å²) in [5.74, 6) is -1.25. The largest absolute Gasteiger partial charge is 0.385 e. The predicted octanol–water partition coefficient (Wildman–Crippen LogP) is 3.34. The number of nitrogens with zero attached hydrogens (tertiary/aromatic N) is 3. The molecule has 0 spiro atoms. The van der Waals surface area contributed by atoms with Gasteiger partial charge in [-0.2, -0.15) is 5.10 Å². The molecule has 1 atom stereocenters. The van der Waals surface area contributed by atoms with Crippen LogP contribution < -0.4 is 11.1 Å². The van der Waals surface area contributed by atoms with Crippen molar-refractivity contribution >= 4 is 23.5 Å². The van der Waals surface area contributed by atoms with Crippen molar-refractivity contribution in [2.75, 3.05) is 20.3 Å². The van der Waals surface area contributed by atoms with Crippen LogP contribution in [0.2, 0.25) is 5.02 Å². The monoisotopic (exact) mass is 451 g/mol. The number of nitrogens with one attached hydrogen (secondary N) is 1. The average Bonchev–Trinajstić information content (AvgIpc) is 3.06. The number of urea groups is 1. The highest BCUT2D eigenvalue weighted by Crippen LogP contribution is 2.34. The second kappa shape index (κ2) is 8.84. The molecule has 3 N–H and O–H groups in total. The van der Waals surface area contributed by atoms with E-state index >= 15 is 0 Å². The molecule has 0 aliphatic carbocycles. The Bertz CT molecular complexity index is 1000. The van der Waals surface area contributed by atoms with Gasteiger partial charge in [-0.25, -0.2) is 9.18 Å². The molecule has 0 saturated heterocycles. The van der Waals surface area contributed by atoms with Gasteiger partial charge in [0.1, 0.15) is 11.5 Å². The Morgan fingerprint density at radius 3 is 2.68 bits per heavy atom. The number of amides is 3. The molecule has 3 rings (SSSR count). The molecule has 1 aliphatic heterocycles. The first-order chi connectivity index (χ1) is 14.5. The van der Waals surface area contributed by atoms with Gasteiger partial charge in [0.25, 0.3) is 5.91 Å². The maximum atomic E-state index is 13.7. The van der Waals surface area contributed by atoms with Crippen LogP contribution in [0.1, 0.15) is 49.3 Å². The molecule has 0 saturated carbocycles. The molecule has 1 aromatic carbocycles. The van der Waals surface area contributed by atoms with Crippen LogP contribution in [0, 0.1) is 5.82 Å². The van der Waals surface area contributed by atoms with Gasteiger partial charge in [-0.3, -0.25) is 9.48 Å². The van der Waals surface area contributed by atoms with E-state index in [1.165, 1.54) is 18.2 Å². The normalized spacial score (nSPS) is 16.2. The molecular formula is C21H27ClFN5O3. The van der Waals surface area contributed by atoms with Gasteiger partial charge >= 0.3 is 6.03 Å². The van der Waals surface area contributed by atoms with Crippen LogP contribution in [0.4, 0.5) is 9.18 Å². The van der Waals surface area contributed by atoms with Crippen molar-refractivity contribution in [2.24, 2.45) is 5.73 Å². The van der Waals surface area contributed by atoms with E-state index in [-0.39, 0.29) is 29.2 Å². The highest BCUT2D eigenvalue weighted by atomic mass is 35.5. The van der Waals surface area contributed by atoms with Gasteiger partial charge < -0.3 is 20.7 Å². The summed E-state index contributed by atoms with van der Waals surface area (Å²) in [6.45, 7) is 6.68. The predicted molar refractivity (Wildman–Crippen MR) is 115 cm³/mol. The highest BCUT2D eigenvalue weighted by molar-refractivity contribution is 6.31. The van der Waals surface area contributed by atoms with Crippen LogP contribution in [0.3, 0.4) is 0 Å². The standard InChI is InChI=1S/C21H27ClFN5O3/c1-21(2,3)25-20(30)27-10-13(7-8-31-4)28-16(11-27)17(19(24)29)18(26-28)12-5-6-15(23)14(22)9-12/h5-6,9,13H,7-8,10-11H2,1-4H3,(H2,24,29)(H,25,30). The molecule has 3 amide bonds. The third-order valence-corrected chi connectivity index (χ3v) is 5.28. The SMILES string of the molecule is COCCC1CN(C(=O)NC(C)(C)C)Cc2c(C(N)=O)c(-c3ccc(F)c(Cl)c3)nn21. The number of ether oxygens (including phenoxy) is 1. The van der Waals surface area contributed by atoms with Gasteiger partial charge in [0.05, 0.1) is 28.9 Å². The Balaban J connectivity index is 2.09. The van der Waals surface area contributed by atoms with Gasteiger partial charge in [-0.15, -0.1) is 0 Å². The zero-order valence-corrected chi connectivity index (χ0v) is 18.8. The van der Waals surface area contributed by atoms with E-state index in [0.29, 0.717) is 36.5 Å². The summed E-state index contributed by atoms with van der Waals surface area (Å²) in [6.07, 6.45) is 0.576. The third-order valence-electron chi connectivity index (χ3n) is 4.99. The number of fused-ring (bicyclic) bond motifs is 1. The number of nitrogens with two attached hydrogens (primary N) is 1. The minimum absolute atomic E-state index is 0.0824. The molecule has 1 aromatic heterocycles. The Hall–Kier alpha value is -2.65. The van der Waals surface area contributed by atoms with Crippen LogP contribution in [0.25, 0.3) is 11.3 Å². The van der Waals surface area contributed by atoms with Crippen LogP contribution in [-0.4, -0.2) is 52.4 Å². The summed E-state index contributed by atoms with van der Waals surface area (Å²) in [4.78, 5) is 26.9. The third kappa shape index (κ3) is 4.99. The van der Waals surface area contributed by atoms with Crippen molar-refractivity contribution in [1.82, 2.24) is 20.0 Å². The number of halogens is 2. The molecule has 168 valence electrons. The van der Waals surface area contributed by atoms with Crippen LogP contribution in [-0.2, 0) is 11.3 Å². The number of hydrogen-bond acceptors (Lipinski definition) is 4. The van der Waals surface area contributed by atoms with Crippen molar-refractivity contribution in [3.8, 4) is 11.3 Å². The van der Waals surface area contributed by atoms with Crippen molar-refractivity contribution < 1.29 is 18.7 Å². The maximum Gasteiger partial charge on any atom is 0.318 e. The van der Waals surface area contributed by atoms with Gasteiger partial charge in [-0.1, -0.05) is 11.6 Å². The van der Waals surface area contributed by atoms with Crippen molar-refractivity contribution in [2.45, 2.75) is 45.3 Å². The van der Waals surface area contributed by atoms with Crippen molar-refractivity contribution in [3.05, 3.63) is 40.3 Å². The number of aromatic nitrogens is 2. The van der Waals surface area contributed by atoms with E-state index in [9.17, 15) is 14.0 Å². The van der Waals surface area contributed by atoms with Crippen molar-refractivity contribution in [3.63, 3.8) is 0 Å². The molecule has 2 heterocycles. The Labute approximate surface area is 185 Å². The first-order valence-electron chi connectivity index (χ1n) is 9.94. The molecule has 0 radical (unpaired) electrons. The quantitative estimate of drug-likeness (QED) is 0.727. The molecule has 31 heavy (non-hydrogen) atoms. The minimum Gasteiger partial charge on any atom is -0.385 e. The lowest BCUT2D eigenvalue weighted by atomic mass is 10.0. The topological polar surface area (TPSA) is 102 Å². The molecule has 10 heteroatoms. The molecule has 1 aliphatic rings. The maximum absolute atomic E-state index is 13.7. The zero-order valence-electron chi connectivity index (χ0n) is 18.0. The van der Waals surface area contributed by atoms with E-state index in [1.807, 2.05) is 20.8 Å². The summed E-state index contributed by atoms with van der Waals surface area (Å²) < 4.78 is 20.6. The van der Waals surface area contributed by atoms with E-state index in [4.69, 9.17) is 22.1 Å². The van der Waals surface area contributed by atoms with E-state index in [0.717, 1.165) is 0 Å². The lowest BCUT2D eigenvalue weighted by Crippen LogP contribution is -2.51. The van der Waals surface area contributed by atoms with E-state index in [1.54, 1.807) is 16.7 Å². The number of carbonyl (C=O) groups is 2. The summed E-state index contributed by atoms with van der Waals surface area (Å²) in [5.41, 5.74) is 6.80. The first-order valence-corrected chi connectivity index (χ1v) is 10.3. The summed E-state index contributed by atoms with van der Waals surface area (Å²) in [7, 11) is 1.59. The van der Waals surface area contributed by atoms with Gasteiger partial charge in [0.15, 0.2) is 0 Å². The first kappa shape index (κ1) is 23.0. The van der Waals surface area contributed by atoms with Crippen LogP contribution >= 0.6 is 11.6 Å². The lowest BCUT2D eigenvalue weighted by molar-refractivity contribution is 0.0993. The fraction of sp³-hybridized carbons (Fsp3) is 0.476. The second-order valence-electron chi connectivity index (χ2n) is 8.60. The highest BCUT2D eigenvalue weighted by Gasteiger charge is 2.35. The Morgan fingerprint density at radius 1 is 1.39 bits per heavy atom. The van der Waals surface area contributed by atoms with E-state index in [2.05, 4.69) is 10.4 Å². The molecule has 8 nitrogen and oxygen atoms in total. The molecule has 1 unspecified atom stereocenters. The lowest BCUT2D eigenvalue weighted by Gasteiger charge is -2.36. The second-order valence-corrected chi connectivity index (χ2v) is 9.01. The number of hydrogen-bond donors (Lipinski definition) is 2. The van der Waals surface area contributed by atoms with E-state index < -0.39 is 17.3 Å². The van der Waals surface area contributed by atoms with Gasteiger partial charge in [-0.05, 0) is 45.4 Å². The van der Waals surface area contributed by atoms with Gasteiger partial charge in [0.2, 0.25) is 0 Å². The Morgan fingerprint density at radius 2 is 2.10 bits per heavy atom.